The van der Waals surface area contributed by atoms with Crippen molar-refractivity contribution < 1.29 is 4.43 Å². The Balaban J connectivity index is 2.10. The molecule has 0 aliphatic heterocycles. The zero-order chi connectivity index (χ0) is 16.7. The molecule has 0 heterocycles. The van der Waals surface area contributed by atoms with E-state index in [2.05, 4.69) is 88.5 Å². The van der Waals surface area contributed by atoms with Crippen molar-refractivity contribution in [2.24, 2.45) is 0 Å². The molecule has 2 heteroatoms. The summed E-state index contributed by atoms with van der Waals surface area (Å²) in [5, 5.41) is 0.194. The summed E-state index contributed by atoms with van der Waals surface area (Å²) in [7, 11) is -1.87. The summed E-state index contributed by atoms with van der Waals surface area (Å²) >= 11 is 0. The topological polar surface area (TPSA) is 9.23 Å². The average molecular weight is 323 g/mol. The molecule has 0 atom stereocenters. The van der Waals surface area contributed by atoms with Gasteiger partial charge in [-0.05, 0) is 29.3 Å². The third-order valence-corrected chi connectivity index (χ3v) is 9.52. The van der Waals surface area contributed by atoms with Crippen LogP contribution in [0.3, 0.4) is 0 Å². The van der Waals surface area contributed by atoms with Gasteiger partial charge in [0.15, 0.2) is 0 Å². The van der Waals surface area contributed by atoms with Crippen molar-refractivity contribution >= 4 is 19.6 Å². The van der Waals surface area contributed by atoms with Crippen LogP contribution in [0.25, 0.3) is 11.3 Å². The van der Waals surface area contributed by atoms with Gasteiger partial charge in [0.2, 0.25) is 0 Å². The number of rotatable bonds is 3. The normalized spacial score (nSPS) is 14.8. The standard InChI is InChI=1S/C21H26OSi/c1-21(2,3)23(4,5)22-20-18-14-10-9-13-17(18)15-19(20)16-11-7-6-8-12-16/h6-14H,15H2,1-5H3. The molecule has 0 bridgehead atoms. The summed E-state index contributed by atoms with van der Waals surface area (Å²) in [6.07, 6.45) is 0.962. The van der Waals surface area contributed by atoms with Crippen molar-refractivity contribution in [1.29, 1.82) is 0 Å². The van der Waals surface area contributed by atoms with Crippen molar-refractivity contribution in [3.8, 4) is 0 Å². The first-order valence-electron chi connectivity index (χ1n) is 8.35. The summed E-state index contributed by atoms with van der Waals surface area (Å²) in [6.45, 7) is 11.5. The van der Waals surface area contributed by atoms with Crippen LogP contribution < -0.4 is 0 Å². The first-order chi connectivity index (χ1) is 10.8. The fourth-order valence-electron chi connectivity index (χ4n) is 2.73. The van der Waals surface area contributed by atoms with Crippen molar-refractivity contribution in [1.82, 2.24) is 0 Å². The molecular weight excluding hydrogens is 296 g/mol. The van der Waals surface area contributed by atoms with Gasteiger partial charge in [-0.15, -0.1) is 0 Å². The molecule has 0 amide bonds. The summed E-state index contributed by atoms with van der Waals surface area (Å²) in [4.78, 5) is 0. The van der Waals surface area contributed by atoms with E-state index in [1.54, 1.807) is 0 Å². The van der Waals surface area contributed by atoms with Gasteiger partial charge >= 0.3 is 0 Å². The maximum Gasteiger partial charge on any atom is 0.250 e. The molecule has 0 fully saturated rings. The van der Waals surface area contributed by atoms with Crippen LogP contribution in [-0.4, -0.2) is 8.32 Å². The second-order valence-electron chi connectivity index (χ2n) is 7.87. The summed E-state index contributed by atoms with van der Waals surface area (Å²) in [5.41, 5.74) is 5.25. The zero-order valence-corrected chi connectivity index (χ0v) is 15.8. The molecule has 2 aromatic rings. The molecule has 2 aromatic carbocycles. The first-order valence-corrected chi connectivity index (χ1v) is 11.3. The molecule has 0 aromatic heterocycles. The minimum atomic E-state index is -1.87. The minimum Gasteiger partial charge on any atom is -0.543 e. The van der Waals surface area contributed by atoms with Crippen LogP contribution in [0.5, 0.6) is 0 Å². The minimum absolute atomic E-state index is 0.194. The van der Waals surface area contributed by atoms with Gasteiger partial charge in [0.1, 0.15) is 5.76 Å². The number of hydrogen-bond donors (Lipinski definition) is 0. The van der Waals surface area contributed by atoms with Crippen molar-refractivity contribution in [2.75, 3.05) is 0 Å². The molecule has 1 nitrogen and oxygen atoms in total. The van der Waals surface area contributed by atoms with Crippen LogP contribution in [-0.2, 0) is 10.8 Å². The second-order valence-corrected chi connectivity index (χ2v) is 12.6. The molecule has 0 radical (unpaired) electrons. The van der Waals surface area contributed by atoms with E-state index in [1.807, 2.05) is 0 Å². The van der Waals surface area contributed by atoms with Gasteiger partial charge in [0.25, 0.3) is 8.32 Å². The van der Waals surface area contributed by atoms with Gasteiger partial charge in [-0.2, -0.15) is 0 Å². The summed E-state index contributed by atoms with van der Waals surface area (Å²) in [5.74, 6) is 1.11. The molecule has 1 aliphatic rings. The van der Waals surface area contributed by atoms with Crippen LogP contribution in [0, 0.1) is 0 Å². The van der Waals surface area contributed by atoms with Crippen molar-refractivity contribution in [3.63, 3.8) is 0 Å². The number of hydrogen-bond acceptors (Lipinski definition) is 1. The van der Waals surface area contributed by atoms with E-state index < -0.39 is 8.32 Å². The molecule has 0 N–H and O–H groups in total. The lowest BCUT2D eigenvalue weighted by Crippen LogP contribution is -2.40. The lowest BCUT2D eigenvalue weighted by molar-refractivity contribution is 0.460. The fourth-order valence-corrected chi connectivity index (χ4v) is 3.78. The Morgan fingerprint density at radius 1 is 0.870 bits per heavy atom. The highest BCUT2D eigenvalue weighted by Crippen LogP contribution is 2.45. The van der Waals surface area contributed by atoms with Gasteiger partial charge in [-0.25, -0.2) is 0 Å². The Morgan fingerprint density at radius 2 is 1.48 bits per heavy atom. The van der Waals surface area contributed by atoms with Gasteiger partial charge in [0.05, 0.1) is 0 Å². The Labute approximate surface area is 141 Å². The monoisotopic (exact) mass is 322 g/mol. The number of benzene rings is 2. The van der Waals surface area contributed by atoms with Crippen LogP contribution in [0.4, 0.5) is 0 Å². The molecule has 0 saturated heterocycles. The molecule has 23 heavy (non-hydrogen) atoms. The zero-order valence-electron chi connectivity index (χ0n) is 14.8. The van der Waals surface area contributed by atoms with Gasteiger partial charge < -0.3 is 4.43 Å². The molecular formula is C21H26OSi. The van der Waals surface area contributed by atoms with E-state index in [9.17, 15) is 0 Å². The maximum atomic E-state index is 6.78. The number of fused-ring (bicyclic) bond motifs is 1. The predicted molar refractivity (Wildman–Crippen MR) is 102 cm³/mol. The van der Waals surface area contributed by atoms with Gasteiger partial charge in [-0.3, -0.25) is 0 Å². The molecule has 0 saturated carbocycles. The van der Waals surface area contributed by atoms with E-state index in [-0.39, 0.29) is 5.04 Å². The lowest BCUT2D eigenvalue weighted by Gasteiger charge is -2.37. The van der Waals surface area contributed by atoms with Crippen LogP contribution in [0.15, 0.2) is 54.6 Å². The second kappa shape index (κ2) is 5.68. The summed E-state index contributed by atoms with van der Waals surface area (Å²) < 4.78 is 6.78. The molecule has 3 rings (SSSR count). The predicted octanol–water partition coefficient (Wildman–Crippen LogP) is 6.13. The van der Waals surface area contributed by atoms with Crippen LogP contribution in [0.1, 0.15) is 37.5 Å². The molecule has 0 spiro atoms. The maximum absolute atomic E-state index is 6.78. The Bertz CT molecular complexity index is 736. The fraction of sp³-hybridized carbons (Fsp3) is 0.333. The van der Waals surface area contributed by atoms with E-state index >= 15 is 0 Å². The quantitative estimate of drug-likeness (QED) is 0.617. The third-order valence-electron chi connectivity index (χ3n) is 5.19. The molecule has 120 valence electrons. The highest BCUT2D eigenvalue weighted by molar-refractivity contribution is 6.75. The van der Waals surface area contributed by atoms with Crippen molar-refractivity contribution in [3.05, 3.63) is 71.3 Å². The van der Waals surface area contributed by atoms with E-state index in [1.165, 1.54) is 22.3 Å². The number of allylic oxidation sites excluding steroid dienone is 1. The van der Waals surface area contributed by atoms with Crippen molar-refractivity contribution in [2.45, 2.75) is 45.3 Å². The summed E-state index contributed by atoms with van der Waals surface area (Å²) in [6, 6.07) is 19.3. The largest absolute Gasteiger partial charge is 0.543 e. The van der Waals surface area contributed by atoms with E-state index in [0.717, 1.165) is 12.2 Å². The first kappa shape index (κ1) is 16.1. The van der Waals surface area contributed by atoms with Crippen LogP contribution >= 0.6 is 0 Å². The van der Waals surface area contributed by atoms with Gasteiger partial charge in [0, 0.05) is 17.6 Å². The van der Waals surface area contributed by atoms with E-state index in [0.29, 0.717) is 0 Å². The lowest BCUT2D eigenvalue weighted by atomic mass is 10.0. The average Bonchev–Trinajstić information content (AvgIpc) is 2.85. The molecule has 1 aliphatic carbocycles. The van der Waals surface area contributed by atoms with Gasteiger partial charge in [-0.1, -0.05) is 75.4 Å². The Kier molecular flexibility index (Phi) is 3.97. The Morgan fingerprint density at radius 3 is 2.13 bits per heavy atom. The van der Waals surface area contributed by atoms with E-state index in [4.69, 9.17) is 4.43 Å². The molecule has 0 unspecified atom stereocenters. The smallest absolute Gasteiger partial charge is 0.250 e. The highest BCUT2D eigenvalue weighted by Gasteiger charge is 2.41. The highest BCUT2D eigenvalue weighted by atomic mass is 28.4. The Hall–Kier alpha value is -1.80. The van der Waals surface area contributed by atoms with Crippen LogP contribution in [0.2, 0.25) is 18.1 Å². The third kappa shape index (κ3) is 3.00. The SMILES string of the molecule is CC(C)(C)[Si](C)(C)OC1=C(c2ccccc2)Cc2ccccc21.